The fourth-order valence-electron chi connectivity index (χ4n) is 0.889. The standard InChI is InChI=1S/C7H13NO/c1-5(8)4-7(9)6-2-3-6/h5-6H,2-4,8H2,1H3/t5-/m1/s1. The van der Waals surface area contributed by atoms with Crippen molar-refractivity contribution in [1.29, 1.82) is 0 Å². The second kappa shape index (κ2) is 2.48. The smallest absolute Gasteiger partial charge is 0.137 e. The van der Waals surface area contributed by atoms with Crippen molar-refractivity contribution in [2.45, 2.75) is 32.2 Å². The molecule has 0 heterocycles. The van der Waals surface area contributed by atoms with Gasteiger partial charge < -0.3 is 5.73 Å². The van der Waals surface area contributed by atoms with Crippen LogP contribution in [0.1, 0.15) is 26.2 Å². The van der Waals surface area contributed by atoms with E-state index in [2.05, 4.69) is 0 Å². The summed E-state index contributed by atoms with van der Waals surface area (Å²) < 4.78 is 0. The van der Waals surface area contributed by atoms with E-state index in [4.69, 9.17) is 5.73 Å². The van der Waals surface area contributed by atoms with Crippen LogP contribution >= 0.6 is 0 Å². The molecule has 52 valence electrons. The minimum absolute atomic E-state index is 0.0538. The van der Waals surface area contributed by atoms with Crippen LogP contribution in [0.2, 0.25) is 0 Å². The first-order valence-electron chi connectivity index (χ1n) is 3.48. The largest absolute Gasteiger partial charge is 0.328 e. The Morgan fingerprint density at radius 3 is 2.67 bits per heavy atom. The molecule has 1 saturated carbocycles. The molecular weight excluding hydrogens is 114 g/mol. The summed E-state index contributed by atoms with van der Waals surface area (Å²) >= 11 is 0. The minimum Gasteiger partial charge on any atom is -0.328 e. The molecule has 9 heavy (non-hydrogen) atoms. The van der Waals surface area contributed by atoms with Crippen molar-refractivity contribution in [3.05, 3.63) is 0 Å². The van der Waals surface area contributed by atoms with E-state index in [-0.39, 0.29) is 6.04 Å². The Bertz CT molecular complexity index is 116. The lowest BCUT2D eigenvalue weighted by Crippen LogP contribution is -2.20. The molecule has 0 unspecified atom stereocenters. The zero-order valence-corrected chi connectivity index (χ0v) is 5.76. The van der Waals surface area contributed by atoms with Crippen LogP contribution in [0.15, 0.2) is 0 Å². The maximum absolute atomic E-state index is 10.9. The summed E-state index contributed by atoms with van der Waals surface area (Å²) in [6.07, 6.45) is 2.78. The molecule has 0 spiro atoms. The van der Waals surface area contributed by atoms with Gasteiger partial charge in [0.25, 0.3) is 0 Å². The molecule has 0 bridgehead atoms. The number of nitrogens with two attached hydrogens (primary N) is 1. The Hall–Kier alpha value is -0.370. The van der Waals surface area contributed by atoms with Gasteiger partial charge in [0, 0.05) is 18.4 Å². The van der Waals surface area contributed by atoms with Crippen LogP contribution in [0.5, 0.6) is 0 Å². The van der Waals surface area contributed by atoms with Gasteiger partial charge in [0.15, 0.2) is 0 Å². The summed E-state index contributed by atoms with van der Waals surface area (Å²) in [5, 5.41) is 0. The molecule has 1 rings (SSSR count). The molecule has 0 aromatic rings. The number of hydrogen-bond acceptors (Lipinski definition) is 2. The number of hydrogen-bond donors (Lipinski definition) is 1. The molecule has 1 atom stereocenters. The molecule has 1 aliphatic rings. The number of rotatable bonds is 3. The van der Waals surface area contributed by atoms with Crippen molar-refractivity contribution < 1.29 is 4.79 Å². The first kappa shape index (κ1) is 6.75. The van der Waals surface area contributed by atoms with E-state index in [1.165, 1.54) is 0 Å². The number of carbonyl (C=O) groups is 1. The van der Waals surface area contributed by atoms with Crippen molar-refractivity contribution in [1.82, 2.24) is 0 Å². The van der Waals surface area contributed by atoms with Gasteiger partial charge in [-0.25, -0.2) is 0 Å². The fourth-order valence-corrected chi connectivity index (χ4v) is 0.889. The second-order valence-electron chi connectivity index (χ2n) is 2.92. The number of Topliss-reactive ketones (excluding diaryl/α,β-unsaturated/α-hetero) is 1. The fraction of sp³-hybridized carbons (Fsp3) is 0.857. The van der Waals surface area contributed by atoms with Gasteiger partial charge in [0.2, 0.25) is 0 Å². The van der Waals surface area contributed by atoms with Crippen LogP contribution in [0.4, 0.5) is 0 Å². The topological polar surface area (TPSA) is 43.1 Å². The molecular formula is C7H13NO. The Morgan fingerprint density at radius 2 is 2.33 bits per heavy atom. The third-order valence-corrected chi connectivity index (χ3v) is 1.56. The number of carbonyl (C=O) groups excluding carboxylic acids is 1. The molecule has 0 radical (unpaired) electrons. The maximum Gasteiger partial charge on any atom is 0.137 e. The van der Waals surface area contributed by atoms with Crippen LogP contribution < -0.4 is 5.73 Å². The van der Waals surface area contributed by atoms with Gasteiger partial charge in [-0.1, -0.05) is 0 Å². The van der Waals surface area contributed by atoms with E-state index in [1.807, 2.05) is 6.92 Å². The molecule has 1 aliphatic carbocycles. The van der Waals surface area contributed by atoms with Crippen molar-refractivity contribution in [2.75, 3.05) is 0 Å². The first-order chi connectivity index (χ1) is 4.20. The SMILES string of the molecule is C[C@@H](N)CC(=O)C1CC1. The summed E-state index contributed by atoms with van der Waals surface area (Å²) in [4.78, 5) is 10.9. The highest BCUT2D eigenvalue weighted by atomic mass is 16.1. The Labute approximate surface area is 55.4 Å². The van der Waals surface area contributed by atoms with Gasteiger partial charge in [0.1, 0.15) is 5.78 Å². The molecule has 2 N–H and O–H groups in total. The second-order valence-corrected chi connectivity index (χ2v) is 2.92. The van der Waals surface area contributed by atoms with Gasteiger partial charge in [-0.15, -0.1) is 0 Å². The Balaban J connectivity index is 2.18. The van der Waals surface area contributed by atoms with Crippen LogP contribution in [0.25, 0.3) is 0 Å². The van der Waals surface area contributed by atoms with Crippen LogP contribution in [-0.2, 0) is 4.79 Å². The zero-order valence-electron chi connectivity index (χ0n) is 5.76. The summed E-state index contributed by atoms with van der Waals surface area (Å²) in [6, 6.07) is 0.0538. The van der Waals surface area contributed by atoms with Gasteiger partial charge in [-0.3, -0.25) is 4.79 Å². The van der Waals surface area contributed by atoms with Gasteiger partial charge in [-0.05, 0) is 19.8 Å². The first-order valence-corrected chi connectivity index (χ1v) is 3.48. The normalized spacial score (nSPS) is 21.6. The molecule has 0 aromatic heterocycles. The highest BCUT2D eigenvalue weighted by molar-refractivity contribution is 5.83. The van der Waals surface area contributed by atoms with Crippen LogP contribution in [-0.4, -0.2) is 11.8 Å². The highest BCUT2D eigenvalue weighted by Gasteiger charge is 2.29. The predicted molar refractivity (Wildman–Crippen MR) is 36.0 cm³/mol. The average Bonchev–Trinajstić information content (AvgIpc) is 2.40. The lowest BCUT2D eigenvalue weighted by molar-refractivity contribution is -0.120. The number of ketones is 1. The summed E-state index contributed by atoms with van der Waals surface area (Å²) in [5.41, 5.74) is 5.44. The van der Waals surface area contributed by atoms with Crippen molar-refractivity contribution in [3.63, 3.8) is 0 Å². The summed E-state index contributed by atoms with van der Waals surface area (Å²) in [7, 11) is 0. The zero-order chi connectivity index (χ0) is 6.85. The van der Waals surface area contributed by atoms with E-state index >= 15 is 0 Å². The molecule has 0 saturated heterocycles. The van der Waals surface area contributed by atoms with Crippen LogP contribution in [0, 0.1) is 5.92 Å². The maximum atomic E-state index is 10.9. The molecule has 0 aliphatic heterocycles. The van der Waals surface area contributed by atoms with Gasteiger partial charge in [-0.2, -0.15) is 0 Å². The van der Waals surface area contributed by atoms with Gasteiger partial charge >= 0.3 is 0 Å². The molecule has 0 amide bonds. The van der Waals surface area contributed by atoms with E-state index in [0.29, 0.717) is 18.1 Å². The summed E-state index contributed by atoms with van der Waals surface area (Å²) in [6.45, 7) is 1.88. The molecule has 0 aromatic carbocycles. The van der Waals surface area contributed by atoms with E-state index in [1.54, 1.807) is 0 Å². The van der Waals surface area contributed by atoms with E-state index in [0.717, 1.165) is 12.8 Å². The lowest BCUT2D eigenvalue weighted by atomic mass is 10.1. The third kappa shape index (κ3) is 2.14. The van der Waals surface area contributed by atoms with Crippen molar-refractivity contribution in [3.8, 4) is 0 Å². The highest BCUT2D eigenvalue weighted by Crippen LogP contribution is 2.30. The predicted octanol–water partition coefficient (Wildman–Crippen LogP) is 0.703. The molecule has 2 nitrogen and oxygen atoms in total. The van der Waals surface area contributed by atoms with Crippen molar-refractivity contribution in [2.24, 2.45) is 11.7 Å². The molecule has 1 fully saturated rings. The van der Waals surface area contributed by atoms with E-state index in [9.17, 15) is 4.79 Å². The quantitative estimate of drug-likeness (QED) is 0.606. The Kier molecular flexibility index (Phi) is 1.86. The van der Waals surface area contributed by atoms with Gasteiger partial charge in [0.05, 0.1) is 0 Å². The minimum atomic E-state index is 0.0538. The monoisotopic (exact) mass is 127 g/mol. The van der Waals surface area contributed by atoms with E-state index < -0.39 is 0 Å². The Morgan fingerprint density at radius 1 is 1.78 bits per heavy atom. The lowest BCUT2D eigenvalue weighted by Gasteiger charge is -2.00. The van der Waals surface area contributed by atoms with Crippen LogP contribution in [0.3, 0.4) is 0 Å². The molecule has 2 heteroatoms. The third-order valence-electron chi connectivity index (χ3n) is 1.56. The average molecular weight is 127 g/mol. The van der Waals surface area contributed by atoms with Crippen molar-refractivity contribution >= 4 is 5.78 Å². The summed E-state index contributed by atoms with van der Waals surface area (Å²) in [5.74, 6) is 0.751.